The molecule has 0 radical (unpaired) electrons. The van der Waals surface area contributed by atoms with Crippen molar-refractivity contribution in [1.82, 2.24) is 0 Å². The zero-order valence-electron chi connectivity index (χ0n) is 16.1. The minimum absolute atomic E-state index is 0.0611. The first kappa shape index (κ1) is 25.6. The van der Waals surface area contributed by atoms with Crippen molar-refractivity contribution in [2.45, 2.75) is 9.79 Å². The van der Waals surface area contributed by atoms with Crippen molar-refractivity contribution < 1.29 is 43.7 Å². The van der Waals surface area contributed by atoms with Crippen LogP contribution in [0.4, 0.5) is 38.9 Å². The zero-order valence-corrected chi connectivity index (χ0v) is 18.5. The number of benzene rings is 2. The van der Waals surface area contributed by atoms with E-state index in [0.717, 1.165) is 24.3 Å². The molecule has 0 N–H and O–H groups in total. The van der Waals surface area contributed by atoms with Crippen molar-refractivity contribution in [2.75, 3.05) is 11.5 Å². The van der Waals surface area contributed by atoms with Gasteiger partial charge in [-0.25, -0.2) is 0 Å². The second kappa shape index (κ2) is 6.54. The van der Waals surface area contributed by atoms with Gasteiger partial charge in [-0.2, -0.15) is 11.8 Å². The van der Waals surface area contributed by atoms with Gasteiger partial charge < -0.3 is 0 Å². The van der Waals surface area contributed by atoms with Crippen LogP contribution in [-0.2, 0) is 4.79 Å². The summed E-state index contributed by atoms with van der Waals surface area (Å²) in [6, 6.07) is 4.00. The zero-order chi connectivity index (χ0) is 25.1. The summed E-state index contributed by atoms with van der Waals surface area (Å²) >= 11 is 1.22. The predicted octanol–water partition coefficient (Wildman–Crippen LogP) is 9.78. The van der Waals surface area contributed by atoms with Gasteiger partial charge >= 0.3 is 20.4 Å². The first-order chi connectivity index (χ1) is 14.5. The molecule has 0 bridgehead atoms. The van der Waals surface area contributed by atoms with Gasteiger partial charge in [0.1, 0.15) is 9.79 Å². The number of hydrogen-bond acceptors (Lipinski definition) is 2. The van der Waals surface area contributed by atoms with Crippen LogP contribution in [0.3, 0.4) is 0 Å². The molecule has 184 valence electrons. The minimum atomic E-state index is -9.83. The fourth-order valence-corrected chi connectivity index (χ4v) is 5.14. The van der Waals surface area contributed by atoms with Gasteiger partial charge in [-0.3, -0.25) is 4.79 Å². The highest BCUT2D eigenvalue weighted by molar-refractivity contribution is 8.46. The van der Waals surface area contributed by atoms with Crippen LogP contribution >= 0.6 is 32.2 Å². The Kier molecular flexibility index (Phi) is 5.06. The summed E-state index contributed by atoms with van der Waals surface area (Å²) in [6.45, 7) is 0. The van der Waals surface area contributed by atoms with E-state index < -0.39 is 36.0 Å². The summed E-state index contributed by atoms with van der Waals surface area (Å²) in [5.41, 5.74) is 0.375. The van der Waals surface area contributed by atoms with Crippen LogP contribution in [0.5, 0.6) is 0 Å². The van der Waals surface area contributed by atoms with Gasteiger partial charge in [-0.1, -0.05) is 63.1 Å². The van der Waals surface area contributed by atoms with Gasteiger partial charge in [0.15, 0.2) is 5.78 Å². The maximum atomic E-state index is 12.8. The average molecular weight is 545 g/mol. The van der Waals surface area contributed by atoms with E-state index in [1.54, 1.807) is 0 Å². The number of thioether (sulfide) groups is 1. The molecule has 3 rings (SSSR count). The highest BCUT2D eigenvalue weighted by Crippen LogP contribution is 3.02. The lowest BCUT2D eigenvalue weighted by molar-refractivity contribution is -0.112. The first-order valence-corrected chi connectivity index (χ1v) is 13.8. The van der Waals surface area contributed by atoms with E-state index >= 15 is 0 Å². The van der Waals surface area contributed by atoms with Gasteiger partial charge in [0, 0.05) is 22.7 Å². The highest BCUT2D eigenvalue weighted by Gasteiger charge is 2.66. The number of ketones is 1. The number of halogens is 10. The summed E-state index contributed by atoms with van der Waals surface area (Å²) in [5, 5.41) is 0. The van der Waals surface area contributed by atoms with E-state index in [-0.39, 0.29) is 58.0 Å². The first-order valence-electron chi connectivity index (χ1n) is 8.74. The molecule has 1 saturated heterocycles. The fourth-order valence-electron chi connectivity index (χ4n) is 2.87. The van der Waals surface area contributed by atoms with Crippen LogP contribution in [0, 0.1) is 0 Å². The number of carbonyl (C=O) groups excluding carboxylic acids is 1. The van der Waals surface area contributed by atoms with Gasteiger partial charge in [0.2, 0.25) is 0 Å². The number of hydrogen-bond donors (Lipinski definition) is 0. The van der Waals surface area contributed by atoms with E-state index in [0.29, 0.717) is 0 Å². The van der Waals surface area contributed by atoms with Crippen molar-refractivity contribution in [3.8, 4) is 0 Å². The summed E-state index contributed by atoms with van der Waals surface area (Å²) in [6.07, 6.45) is 2.43. The van der Waals surface area contributed by atoms with Gasteiger partial charge in [-0.15, -0.1) is 0 Å². The standard InChI is InChI=1S/C19H14F10OS3/c20-32(21,22,23,24)17-5-1-13(2-6-17)9-15-11-31-12-16(19(15)30)10-14-3-7-18(8-4-14)33(25,26,27,28)29/h1-10H,11-12H2/b15-9+,16-10+. The van der Waals surface area contributed by atoms with Crippen LogP contribution in [0.15, 0.2) is 69.5 Å². The third-order valence-electron chi connectivity index (χ3n) is 4.43. The van der Waals surface area contributed by atoms with Crippen LogP contribution in [0.2, 0.25) is 0 Å². The van der Waals surface area contributed by atoms with Crippen molar-refractivity contribution in [1.29, 1.82) is 0 Å². The molecule has 2 aromatic rings. The number of rotatable bonds is 4. The molecule has 14 heteroatoms. The van der Waals surface area contributed by atoms with E-state index in [1.165, 1.54) is 23.9 Å². The normalized spacial score (nSPS) is 22.4. The predicted molar refractivity (Wildman–Crippen MR) is 114 cm³/mol. The van der Waals surface area contributed by atoms with Crippen LogP contribution in [0.1, 0.15) is 11.1 Å². The van der Waals surface area contributed by atoms with Crippen molar-refractivity contribution in [2.24, 2.45) is 0 Å². The molecule has 2 aromatic carbocycles. The molecule has 0 unspecified atom stereocenters. The van der Waals surface area contributed by atoms with E-state index in [1.807, 2.05) is 0 Å². The minimum Gasteiger partial charge on any atom is -0.289 e. The van der Waals surface area contributed by atoms with E-state index in [9.17, 15) is 43.7 Å². The fraction of sp³-hybridized carbons (Fsp3) is 0.105. The molecular weight excluding hydrogens is 530 g/mol. The molecule has 1 aliphatic rings. The molecule has 0 atom stereocenters. The molecule has 1 fully saturated rings. The summed E-state index contributed by atoms with van der Waals surface area (Å²) in [4.78, 5) is 8.51. The monoisotopic (exact) mass is 544 g/mol. The van der Waals surface area contributed by atoms with Gasteiger partial charge in [0.05, 0.1) is 0 Å². The molecule has 1 nitrogen and oxygen atoms in total. The lowest BCUT2D eigenvalue weighted by Crippen LogP contribution is -2.16. The summed E-state index contributed by atoms with van der Waals surface area (Å²) in [7, 11) is -19.7. The van der Waals surface area contributed by atoms with Crippen LogP contribution < -0.4 is 0 Å². The highest BCUT2D eigenvalue weighted by atomic mass is 32.5. The maximum absolute atomic E-state index is 12.8. The molecule has 33 heavy (non-hydrogen) atoms. The van der Waals surface area contributed by atoms with Crippen LogP contribution in [0.25, 0.3) is 12.2 Å². The third-order valence-corrected chi connectivity index (χ3v) is 7.79. The van der Waals surface area contributed by atoms with Crippen molar-refractivity contribution in [3.63, 3.8) is 0 Å². The number of carbonyl (C=O) groups is 1. The Morgan fingerprint density at radius 1 is 0.576 bits per heavy atom. The second-order valence-electron chi connectivity index (χ2n) is 7.24. The van der Waals surface area contributed by atoms with Crippen molar-refractivity contribution >= 4 is 50.1 Å². The Balaban J connectivity index is 1.86. The molecule has 1 aliphatic heterocycles. The largest absolute Gasteiger partial charge is 0.310 e. The molecule has 0 aliphatic carbocycles. The summed E-state index contributed by atoms with van der Waals surface area (Å²) < 4.78 is 128. The van der Waals surface area contributed by atoms with Gasteiger partial charge in [0.25, 0.3) is 0 Å². The Hall–Kier alpha value is -2.06. The molecule has 0 amide bonds. The van der Waals surface area contributed by atoms with E-state index in [2.05, 4.69) is 0 Å². The van der Waals surface area contributed by atoms with Crippen molar-refractivity contribution in [3.05, 3.63) is 70.8 Å². The van der Waals surface area contributed by atoms with E-state index in [4.69, 9.17) is 0 Å². The molecule has 1 heterocycles. The molecule has 0 saturated carbocycles. The lowest BCUT2D eigenvalue weighted by Gasteiger charge is -2.40. The molecule has 0 spiro atoms. The van der Waals surface area contributed by atoms with Crippen LogP contribution in [-0.4, -0.2) is 17.3 Å². The lowest BCUT2D eigenvalue weighted by atomic mass is 10.0. The second-order valence-corrected chi connectivity index (χ2v) is 13.0. The Bertz CT molecular complexity index is 1080. The Morgan fingerprint density at radius 3 is 1.15 bits per heavy atom. The summed E-state index contributed by atoms with van der Waals surface area (Å²) in [5.74, 6) is -0.243. The number of Topliss-reactive ketones (excluding diaryl/α,β-unsaturated/α-hetero) is 1. The Morgan fingerprint density at radius 2 is 0.879 bits per heavy atom. The van der Waals surface area contributed by atoms with Gasteiger partial charge in [-0.05, 0) is 47.5 Å². The Labute approximate surface area is 186 Å². The third kappa shape index (κ3) is 6.51. The topological polar surface area (TPSA) is 17.1 Å². The quantitative estimate of drug-likeness (QED) is 0.282. The maximum Gasteiger partial charge on any atom is 0.310 e. The average Bonchev–Trinajstić information content (AvgIpc) is 2.62. The molecular formula is C19H14F10OS3. The molecule has 0 aromatic heterocycles. The smallest absolute Gasteiger partial charge is 0.289 e. The SMILES string of the molecule is O=C1/C(=C/c2ccc(S(F)(F)(F)(F)F)cc2)CSC/C1=C\c1ccc(S(F)(F)(F)(F)F)cc1.